The van der Waals surface area contributed by atoms with Crippen LogP contribution in [-0.2, 0) is 0 Å². The fraction of sp³-hybridized carbons (Fsp3) is 0.722. The molecule has 1 aromatic heterocycles. The zero-order chi connectivity index (χ0) is 17.6. The van der Waals surface area contributed by atoms with Gasteiger partial charge in [0.05, 0.1) is 7.11 Å². The van der Waals surface area contributed by atoms with E-state index in [1.54, 1.807) is 7.11 Å². The summed E-state index contributed by atoms with van der Waals surface area (Å²) in [7, 11) is 1.63. The number of anilines is 2. The van der Waals surface area contributed by atoms with Crippen molar-refractivity contribution in [2.24, 2.45) is 0 Å². The summed E-state index contributed by atoms with van der Waals surface area (Å²) < 4.78 is 5.37. The van der Waals surface area contributed by atoms with Crippen LogP contribution in [0.1, 0.15) is 58.3 Å². The van der Waals surface area contributed by atoms with Crippen molar-refractivity contribution in [2.45, 2.75) is 70.4 Å². The van der Waals surface area contributed by atoms with E-state index in [2.05, 4.69) is 32.4 Å². The minimum Gasteiger partial charge on any atom is -0.481 e. The third-order valence-electron chi connectivity index (χ3n) is 5.16. The first-order chi connectivity index (χ1) is 12.2. The van der Waals surface area contributed by atoms with E-state index in [4.69, 9.17) is 17.0 Å². The van der Waals surface area contributed by atoms with E-state index in [0.717, 1.165) is 12.4 Å². The Balaban J connectivity index is 1.69. The van der Waals surface area contributed by atoms with E-state index >= 15 is 0 Å². The number of rotatable bonds is 4. The Bertz CT molecular complexity index is 591. The van der Waals surface area contributed by atoms with Gasteiger partial charge < -0.3 is 20.3 Å². The van der Waals surface area contributed by atoms with Gasteiger partial charge in [-0.15, -0.1) is 0 Å². The van der Waals surface area contributed by atoms with E-state index in [0.29, 0.717) is 29.0 Å². The second-order valence-electron chi connectivity index (χ2n) is 7.06. The summed E-state index contributed by atoms with van der Waals surface area (Å²) in [5.74, 6) is 1.97. The van der Waals surface area contributed by atoms with E-state index in [9.17, 15) is 0 Å². The molecule has 2 fully saturated rings. The number of nitrogens with one attached hydrogen (secondary N) is 2. The van der Waals surface area contributed by atoms with E-state index in [1.165, 1.54) is 51.4 Å². The second-order valence-corrected chi connectivity index (χ2v) is 7.47. The highest BCUT2D eigenvalue weighted by molar-refractivity contribution is 7.80. The van der Waals surface area contributed by atoms with Crippen LogP contribution in [0, 0.1) is 0 Å². The molecule has 1 saturated heterocycles. The number of nitrogens with zero attached hydrogens (tertiary/aromatic N) is 3. The lowest BCUT2D eigenvalue weighted by atomic mass is 9.96. The average molecular weight is 364 g/mol. The number of hydrogen-bond donors (Lipinski definition) is 2. The third-order valence-corrected chi connectivity index (χ3v) is 5.38. The molecule has 2 heterocycles. The maximum Gasteiger partial charge on any atom is 0.234 e. The molecule has 25 heavy (non-hydrogen) atoms. The van der Waals surface area contributed by atoms with E-state index in [-0.39, 0.29) is 0 Å². The molecule has 6 nitrogen and oxygen atoms in total. The standard InChI is InChI=1S/C18H29N5OS/c1-13-8-6-7-11-23(13)15-12-16(24-2)21-17(20-15)22-18(25)19-14-9-4-3-5-10-14/h12-14H,3-11H2,1-2H3,(H2,19,20,21,22,25)/t13-/m1/s1. The van der Waals surface area contributed by atoms with Gasteiger partial charge in [-0.25, -0.2) is 0 Å². The molecule has 0 radical (unpaired) electrons. The van der Waals surface area contributed by atoms with Crippen LogP contribution in [0.2, 0.25) is 0 Å². The zero-order valence-electron chi connectivity index (χ0n) is 15.3. The molecule has 1 atom stereocenters. The molecule has 138 valence electrons. The van der Waals surface area contributed by atoms with Gasteiger partial charge in [0.15, 0.2) is 5.11 Å². The molecule has 2 N–H and O–H groups in total. The summed E-state index contributed by atoms with van der Waals surface area (Å²) in [6.45, 7) is 3.27. The van der Waals surface area contributed by atoms with Crippen LogP contribution in [-0.4, -0.2) is 40.8 Å². The summed E-state index contributed by atoms with van der Waals surface area (Å²) in [6.07, 6.45) is 9.89. The largest absolute Gasteiger partial charge is 0.481 e. The Labute approximate surface area is 155 Å². The summed E-state index contributed by atoms with van der Waals surface area (Å²) >= 11 is 5.46. The number of aromatic nitrogens is 2. The molecule has 1 aliphatic heterocycles. The minimum absolute atomic E-state index is 0.459. The molecular formula is C18H29N5OS. The van der Waals surface area contributed by atoms with Gasteiger partial charge in [-0.2, -0.15) is 9.97 Å². The molecule has 2 aliphatic rings. The van der Waals surface area contributed by atoms with Gasteiger partial charge in [-0.3, -0.25) is 0 Å². The first-order valence-electron chi connectivity index (χ1n) is 9.43. The van der Waals surface area contributed by atoms with Gasteiger partial charge in [0, 0.05) is 24.7 Å². The predicted octanol–water partition coefficient (Wildman–Crippen LogP) is 3.48. The summed E-state index contributed by atoms with van der Waals surface area (Å²) in [4.78, 5) is 11.4. The van der Waals surface area contributed by atoms with Crippen LogP contribution in [0.15, 0.2) is 6.07 Å². The van der Waals surface area contributed by atoms with E-state index < -0.39 is 0 Å². The quantitative estimate of drug-likeness (QED) is 0.794. The highest BCUT2D eigenvalue weighted by Crippen LogP contribution is 2.26. The van der Waals surface area contributed by atoms with Gasteiger partial charge in [0.25, 0.3) is 0 Å². The Kier molecular flexibility index (Phi) is 6.29. The van der Waals surface area contributed by atoms with Crippen molar-refractivity contribution in [3.63, 3.8) is 0 Å². The fourth-order valence-electron chi connectivity index (χ4n) is 3.73. The maximum atomic E-state index is 5.46. The number of methoxy groups -OCH3 is 1. The van der Waals surface area contributed by atoms with Gasteiger partial charge in [0.2, 0.25) is 11.8 Å². The summed E-state index contributed by atoms with van der Waals surface area (Å²) in [5.41, 5.74) is 0. The lowest BCUT2D eigenvalue weighted by molar-refractivity contribution is 0.396. The predicted molar refractivity (Wildman–Crippen MR) is 105 cm³/mol. The van der Waals surface area contributed by atoms with Gasteiger partial charge in [-0.1, -0.05) is 19.3 Å². The van der Waals surface area contributed by atoms with Crippen molar-refractivity contribution in [3.8, 4) is 5.88 Å². The zero-order valence-corrected chi connectivity index (χ0v) is 16.1. The number of piperidine rings is 1. The van der Waals surface area contributed by atoms with Crippen molar-refractivity contribution < 1.29 is 4.74 Å². The van der Waals surface area contributed by atoms with Crippen LogP contribution in [0.5, 0.6) is 5.88 Å². The minimum atomic E-state index is 0.459. The van der Waals surface area contributed by atoms with Crippen molar-refractivity contribution in [3.05, 3.63) is 6.07 Å². The molecule has 0 aromatic carbocycles. The molecule has 0 amide bonds. The molecule has 0 unspecified atom stereocenters. The normalized spacial score (nSPS) is 21.7. The Morgan fingerprint density at radius 2 is 1.92 bits per heavy atom. The topological polar surface area (TPSA) is 62.3 Å². The first-order valence-corrected chi connectivity index (χ1v) is 9.84. The Morgan fingerprint density at radius 3 is 2.64 bits per heavy atom. The maximum absolute atomic E-state index is 5.46. The summed E-state index contributed by atoms with van der Waals surface area (Å²) in [5, 5.41) is 7.14. The van der Waals surface area contributed by atoms with Crippen LogP contribution < -0.4 is 20.3 Å². The van der Waals surface area contributed by atoms with E-state index in [1.807, 2.05) is 6.07 Å². The van der Waals surface area contributed by atoms with Crippen molar-refractivity contribution >= 4 is 29.1 Å². The summed E-state index contributed by atoms with van der Waals surface area (Å²) in [6, 6.07) is 2.85. The Hall–Kier alpha value is -1.63. The SMILES string of the molecule is COc1cc(N2CCCC[C@H]2C)nc(NC(=S)NC2CCCCC2)n1. The third kappa shape index (κ3) is 4.93. The number of hydrogen-bond acceptors (Lipinski definition) is 5. The lowest BCUT2D eigenvalue weighted by Gasteiger charge is -2.34. The highest BCUT2D eigenvalue weighted by atomic mass is 32.1. The molecule has 0 spiro atoms. The second kappa shape index (κ2) is 8.65. The van der Waals surface area contributed by atoms with Crippen molar-refractivity contribution in [2.75, 3.05) is 23.9 Å². The lowest BCUT2D eigenvalue weighted by Crippen LogP contribution is -2.40. The van der Waals surface area contributed by atoms with Crippen LogP contribution >= 0.6 is 12.2 Å². The monoisotopic (exact) mass is 363 g/mol. The molecule has 3 rings (SSSR count). The van der Waals surface area contributed by atoms with Gasteiger partial charge in [-0.05, 0) is 51.2 Å². The number of ether oxygens (including phenoxy) is 1. The molecule has 1 aromatic rings. The molecule has 1 aliphatic carbocycles. The smallest absolute Gasteiger partial charge is 0.234 e. The van der Waals surface area contributed by atoms with Crippen molar-refractivity contribution in [1.82, 2.24) is 15.3 Å². The van der Waals surface area contributed by atoms with Crippen LogP contribution in [0.25, 0.3) is 0 Å². The average Bonchev–Trinajstić information content (AvgIpc) is 2.62. The molecular weight excluding hydrogens is 334 g/mol. The van der Waals surface area contributed by atoms with Crippen LogP contribution in [0.4, 0.5) is 11.8 Å². The first kappa shape index (κ1) is 18.2. The fourth-order valence-corrected chi connectivity index (χ4v) is 3.99. The molecule has 0 bridgehead atoms. The van der Waals surface area contributed by atoms with Gasteiger partial charge in [0.1, 0.15) is 5.82 Å². The highest BCUT2D eigenvalue weighted by Gasteiger charge is 2.21. The molecule has 1 saturated carbocycles. The van der Waals surface area contributed by atoms with Crippen molar-refractivity contribution in [1.29, 1.82) is 0 Å². The van der Waals surface area contributed by atoms with Gasteiger partial charge >= 0.3 is 0 Å². The van der Waals surface area contributed by atoms with Crippen LogP contribution in [0.3, 0.4) is 0 Å². The number of thiocarbonyl (C=S) groups is 1. The molecule has 7 heteroatoms. The Morgan fingerprint density at radius 1 is 1.16 bits per heavy atom.